The van der Waals surface area contributed by atoms with Crippen molar-refractivity contribution in [3.63, 3.8) is 0 Å². The molecule has 1 saturated heterocycles. The zero-order valence-corrected chi connectivity index (χ0v) is 13.4. The molecule has 1 fully saturated rings. The Balaban J connectivity index is 1.69. The number of para-hydroxylation sites is 1. The number of nitro benzene ring substituents is 1. The Morgan fingerprint density at radius 1 is 1.04 bits per heavy atom. The van der Waals surface area contributed by atoms with E-state index in [1.807, 2.05) is 0 Å². The van der Waals surface area contributed by atoms with Crippen LogP contribution >= 0.6 is 0 Å². The van der Waals surface area contributed by atoms with Crippen LogP contribution < -0.4 is 10.0 Å². The number of carbonyl (C=O) groups is 1. The number of hydrogen-bond acceptors (Lipinski definition) is 6. The van der Waals surface area contributed by atoms with E-state index < -0.39 is 10.9 Å². The average Bonchev–Trinajstić information content (AvgIpc) is 2.63. The van der Waals surface area contributed by atoms with Crippen molar-refractivity contribution >= 4 is 28.7 Å². The van der Waals surface area contributed by atoms with Crippen LogP contribution in [-0.4, -0.2) is 29.7 Å². The molecule has 0 unspecified atom stereocenters. The van der Waals surface area contributed by atoms with Gasteiger partial charge in [-0.1, -0.05) is 18.2 Å². The number of benzene rings is 2. The van der Waals surface area contributed by atoms with Crippen LogP contribution in [0.1, 0.15) is 23.2 Å². The van der Waals surface area contributed by atoms with Gasteiger partial charge in [0, 0.05) is 55.0 Å². The molecular formula is C18H16N3O4-. The zero-order valence-electron chi connectivity index (χ0n) is 13.4. The van der Waals surface area contributed by atoms with Crippen LogP contribution in [0.4, 0.5) is 17.1 Å². The second kappa shape index (κ2) is 7.12. The summed E-state index contributed by atoms with van der Waals surface area (Å²) in [6.45, 7) is 1.45. The van der Waals surface area contributed by atoms with E-state index in [-0.39, 0.29) is 11.3 Å². The maximum Gasteiger partial charge on any atom is 0.269 e. The van der Waals surface area contributed by atoms with E-state index in [2.05, 4.69) is 9.89 Å². The molecule has 7 heteroatoms. The molecule has 128 valence electrons. The number of nitro groups is 1. The summed E-state index contributed by atoms with van der Waals surface area (Å²) < 4.78 is 0. The molecule has 0 radical (unpaired) electrons. The number of aliphatic imine (C=N–C) groups is 1. The Kier molecular flexibility index (Phi) is 4.74. The summed E-state index contributed by atoms with van der Waals surface area (Å²) in [5, 5.41) is 21.8. The summed E-state index contributed by atoms with van der Waals surface area (Å²) in [7, 11) is 0. The van der Waals surface area contributed by atoms with Gasteiger partial charge >= 0.3 is 0 Å². The van der Waals surface area contributed by atoms with Crippen LogP contribution in [0.15, 0.2) is 53.5 Å². The summed E-state index contributed by atoms with van der Waals surface area (Å²) in [6.07, 6.45) is 1.41. The van der Waals surface area contributed by atoms with Gasteiger partial charge in [-0.05, 0) is 18.2 Å². The number of piperidine rings is 1. The number of carboxylic acid groups (broad SMARTS) is 1. The summed E-state index contributed by atoms with van der Waals surface area (Å²) >= 11 is 0. The van der Waals surface area contributed by atoms with Crippen molar-refractivity contribution in [1.82, 2.24) is 0 Å². The molecule has 3 rings (SSSR count). The van der Waals surface area contributed by atoms with Crippen molar-refractivity contribution in [1.29, 1.82) is 0 Å². The first kappa shape index (κ1) is 16.6. The molecule has 0 N–H and O–H groups in total. The molecule has 0 spiro atoms. The number of aromatic carboxylic acids is 1. The average molecular weight is 338 g/mol. The van der Waals surface area contributed by atoms with Gasteiger partial charge < -0.3 is 14.8 Å². The molecule has 7 nitrogen and oxygen atoms in total. The molecule has 0 amide bonds. The molecule has 0 bridgehead atoms. The van der Waals surface area contributed by atoms with Crippen LogP contribution in [0.25, 0.3) is 0 Å². The molecule has 25 heavy (non-hydrogen) atoms. The third-order valence-corrected chi connectivity index (χ3v) is 4.17. The predicted octanol–water partition coefficient (Wildman–Crippen LogP) is 2.33. The molecule has 1 aliphatic rings. The normalized spacial score (nSPS) is 14.2. The van der Waals surface area contributed by atoms with Gasteiger partial charge in [-0.2, -0.15) is 0 Å². The minimum absolute atomic E-state index is 0.0712. The van der Waals surface area contributed by atoms with Crippen molar-refractivity contribution in [2.45, 2.75) is 12.8 Å². The maximum atomic E-state index is 11.1. The largest absolute Gasteiger partial charge is 0.545 e. The van der Waals surface area contributed by atoms with Gasteiger partial charge in [-0.25, -0.2) is 0 Å². The van der Waals surface area contributed by atoms with Gasteiger partial charge in [0.15, 0.2) is 0 Å². The summed E-state index contributed by atoms with van der Waals surface area (Å²) in [4.78, 5) is 28.0. The smallest absolute Gasteiger partial charge is 0.269 e. The van der Waals surface area contributed by atoms with E-state index in [0.29, 0.717) is 18.5 Å². The summed E-state index contributed by atoms with van der Waals surface area (Å²) in [5.41, 5.74) is 2.45. The topological polar surface area (TPSA) is 98.9 Å². The standard InChI is InChI=1S/C18H17N3O4/c22-18(23)16-3-1-2-4-17(16)19-13-9-11-20(12-10-13)14-5-7-15(8-6-14)21(24)25/h1-8H,9-12H2,(H,22,23)/p-1. The lowest BCUT2D eigenvalue weighted by Gasteiger charge is -2.29. The highest BCUT2D eigenvalue weighted by Gasteiger charge is 2.17. The number of carboxylic acids is 1. The van der Waals surface area contributed by atoms with E-state index in [0.717, 1.165) is 24.5 Å². The molecule has 2 aromatic carbocycles. The van der Waals surface area contributed by atoms with E-state index in [4.69, 9.17) is 0 Å². The molecular weight excluding hydrogens is 322 g/mol. The molecule has 0 atom stereocenters. The second-order valence-corrected chi connectivity index (χ2v) is 5.74. The van der Waals surface area contributed by atoms with Crippen LogP contribution in [0.3, 0.4) is 0 Å². The van der Waals surface area contributed by atoms with Gasteiger partial charge in [0.2, 0.25) is 0 Å². The minimum atomic E-state index is -1.23. The van der Waals surface area contributed by atoms with Gasteiger partial charge in [0.1, 0.15) is 0 Å². The van der Waals surface area contributed by atoms with Crippen molar-refractivity contribution in [2.75, 3.05) is 18.0 Å². The van der Waals surface area contributed by atoms with E-state index in [1.54, 1.807) is 30.3 Å². The van der Waals surface area contributed by atoms with Crippen LogP contribution in [-0.2, 0) is 0 Å². The SMILES string of the molecule is O=C([O-])c1ccccc1N=C1CCN(c2ccc([N+](=O)[O-])cc2)CC1. The first-order chi connectivity index (χ1) is 12.0. The molecule has 0 saturated carbocycles. The quantitative estimate of drug-likeness (QED) is 0.629. The fourth-order valence-corrected chi connectivity index (χ4v) is 2.83. The zero-order chi connectivity index (χ0) is 17.8. The molecule has 1 heterocycles. The van der Waals surface area contributed by atoms with E-state index in [1.165, 1.54) is 18.2 Å². The fraction of sp³-hybridized carbons (Fsp3) is 0.222. The Morgan fingerprint density at radius 2 is 1.68 bits per heavy atom. The highest BCUT2D eigenvalue weighted by molar-refractivity contribution is 5.95. The summed E-state index contributed by atoms with van der Waals surface area (Å²) in [6, 6.07) is 13.0. The Hall–Kier alpha value is -3.22. The minimum Gasteiger partial charge on any atom is -0.545 e. The van der Waals surface area contributed by atoms with Crippen molar-refractivity contribution in [3.8, 4) is 0 Å². The highest BCUT2D eigenvalue weighted by Crippen LogP contribution is 2.24. The maximum absolute atomic E-state index is 11.1. The predicted molar refractivity (Wildman–Crippen MR) is 92.4 cm³/mol. The Labute approximate surface area is 144 Å². The lowest BCUT2D eigenvalue weighted by Crippen LogP contribution is -2.33. The molecule has 1 aliphatic heterocycles. The Bertz CT molecular complexity index is 820. The second-order valence-electron chi connectivity index (χ2n) is 5.74. The van der Waals surface area contributed by atoms with Crippen molar-refractivity contribution in [3.05, 3.63) is 64.2 Å². The van der Waals surface area contributed by atoms with Crippen molar-refractivity contribution < 1.29 is 14.8 Å². The van der Waals surface area contributed by atoms with Crippen LogP contribution in [0, 0.1) is 10.1 Å². The van der Waals surface area contributed by atoms with E-state index >= 15 is 0 Å². The Morgan fingerprint density at radius 3 is 2.28 bits per heavy atom. The molecule has 0 aliphatic carbocycles. The lowest BCUT2D eigenvalue weighted by molar-refractivity contribution is -0.384. The lowest BCUT2D eigenvalue weighted by atomic mass is 10.1. The summed E-state index contributed by atoms with van der Waals surface area (Å²) in [5.74, 6) is -1.23. The molecule has 2 aromatic rings. The fourth-order valence-electron chi connectivity index (χ4n) is 2.83. The highest BCUT2D eigenvalue weighted by atomic mass is 16.6. The van der Waals surface area contributed by atoms with Gasteiger partial charge in [-0.3, -0.25) is 15.1 Å². The van der Waals surface area contributed by atoms with Crippen molar-refractivity contribution in [2.24, 2.45) is 4.99 Å². The van der Waals surface area contributed by atoms with Gasteiger partial charge in [-0.15, -0.1) is 0 Å². The number of non-ortho nitro benzene ring substituents is 1. The number of hydrogen-bond donors (Lipinski definition) is 0. The first-order valence-corrected chi connectivity index (χ1v) is 7.91. The number of rotatable bonds is 4. The number of nitrogens with zero attached hydrogens (tertiary/aromatic N) is 3. The third kappa shape index (κ3) is 3.82. The van der Waals surface area contributed by atoms with Crippen LogP contribution in [0.5, 0.6) is 0 Å². The van der Waals surface area contributed by atoms with Crippen LogP contribution in [0.2, 0.25) is 0 Å². The van der Waals surface area contributed by atoms with Gasteiger partial charge in [0.25, 0.3) is 5.69 Å². The molecule has 0 aromatic heterocycles. The number of carbonyl (C=O) groups excluding carboxylic acids is 1. The number of anilines is 1. The first-order valence-electron chi connectivity index (χ1n) is 7.91. The van der Waals surface area contributed by atoms with E-state index in [9.17, 15) is 20.0 Å². The third-order valence-electron chi connectivity index (χ3n) is 4.17. The van der Waals surface area contributed by atoms with Gasteiger partial charge in [0.05, 0.1) is 16.6 Å². The monoisotopic (exact) mass is 338 g/mol.